The largest absolute Gasteiger partial charge is 0.487 e. The summed E-state index contributed by atoms with van der Waals surface area (Å²) in [6, 6.07) is 4.56. The minimum Gasteiger partial charge on any atom is -0.487 e. The fraction of sp³-hybridized carbons (Fsp3) is 0.571. The predicted molar refractivity (Wildman–Crippen MR) is 68.7 cm³/mol. The fourth-order valence-corrected chi connectivity index (χ4v) is 2.43. The van der Waals surface area contributed by atoms with Crippen LogP contribution in [0.2, 0.25) is 0 Å². The van der Waals surface area contributed by atoms with E-state index in [1.807, 2.05) is 19.9 Å². The van der Waals surface area contributed by atoms with Crippen molar-refractivity contribution in [2.45, 2.75) is 38.1 Å². The van der Waals surface area contributed by atoms with E-state index in [0.717, 1.165) is 5.56 Å². The van der Waals surface area contributed by atoms with Crippen molar-refractivity contribution in [1.29, 1.82) is 0 Å². The van der Waals surface area contributed by atoms with Crippen molar-refractivity contribution in [1.82, 2.24) is 5.32 Å². The number of para-hydroxylation sites is 1. The van der Waals surface area contributed by atoms with E-state index in [9.17, 15) is 18.3 Å². The first-order chi connectivity index (χ1) is 9.22. The Morgan fingerprint density at radius 1 is 1.40 bits per heavy atom. The number of ether oxygens (including phenoxy) is 1. The summed E-state index contributed by atoms with van der Waals surface area (Å²) in [5.41, 5.74) is 1.15. The van der Waals surface area contributed by atoms with Crippen LogP contribution in [0.25, 0.3) is 0 Å². The molecule has 20 heavy (non-hydrogen) atoms. The molecular weight excluding hydrogens is 271 g/mol. The van der Waals surface area contributed by atoms with Gasteiger partial charge in [0.2, 0.25) is 0 Å². The number of fused-ring (bicyclic) bond motifs is 1. The molecule has 0 amide bonds. The summed E-state index contributed by atoms with van der Waals surface area (Å²) in [6.07, 6.45) is -3.61. The van der Waals surface area contributed by atoms with Crippen molar-refractivity contribution < 1.29 is 23.0 Å². The van der Waals surface area contributed by atoms with Gasteiger partial charge in [0.1, 0.15) is 11.4 Å². The molecular formula is C14H18F3NO2. The standard InChI is InChI=1S/C14H18F3NO2/c1-13(2)6-9-4-3-5-10(12(9)20-13)11(7-19)18-8-14(15,16)17/h3-5,11,18-19H,6-8H2,1-2H3. The molecule has 0 aliphatic carbocycles. The van der Waals surface area contributed by atoms with Crippen molar-refractivity contribution in [2.24, 2.45) is 0 Å². The van der Waals surface area contributed by atoms with Crippen LogP contribution in [0.1, 0.15) is 31.0 Å². The smallest absolute Gasteiger partial charge is 0.401 e. The van der Waals surface area contributed by atoms with Gasteiger partial charge in [-0.25, -0.2) is 0 Å². The van der Waals surface area contributed by atoms with Crippen LogP contribution in [0, 0.1) is 0 Å². The molecule has 1 unspecified atom stereocenters. The van der Waals surface area contributed by atoms with Crippen LogP contribution in [0.5, 0.6) is 5.75 Å². The molecule has 0 bridgehead atoms. The van der Waals surface area contributed by atoms with Crippen LogP contribution in [0.3, 0.4) is 0 Å². The Labute approximate surface area is 115 Å². The highest BCUT2D eigenvalue weighted by Gasteiger charge is 2.34. The topological polar surface area (TPSA) is 41.5 Å². The van der Waals surface area contributed by atoms with Crippen LogP contribution < -0.4 is 10.1 Å². The summed E-state index contributed by atoms with van der Waals surface area (Å²) in [5.74, 6) is 0.589. The van der Waals surface area contributed by atoms with Crippen molar-refractivity contribution in [2.75, 3.05) is 13.2 Å². The lowest BCUT2D eigenvalue weighted by Crippen LogP contribution is -2.34. The Kier molecular flexibility index (Phi) is 3.97. The summed E-state index contributed by atoms with van der Waals surface area (Å²) in [6.45, 7) is 2.28. The van der Waals surface area contributed by atoms with Crippen LogP contribution in [0.15, 0.2) is 18.2 Å². The monoisotopic (exact) mass is 289 g/mol. The number of benzene rings is 1. The van der Waals surface area contributed by atoms with Crippen LogP contribution in [-0.2, 0) is 6.42 Å². The number of hydrogen-bond acceptors (Lipinski definition) is 3. The third-order valence-electron chi connectivity index (χ3n) is 3.23. The van der Waals surface area contributed by atoms with E-state index in [1.165, 1.54) is 0 Å². The fourth-order valence-electron chi connectivity index (χ4n) is 2.43. The number of rotatable bonds is 4. The lowest BCUT2D eigenvalue weighted by atomic mass is 9.98. The molecule has 1 aromatic rings. The third kappa shape index (κ3) is 3.43. The molecule has 0 fully saturated rings. The van der Waals surface area contributed by atoms with Gasteiger partial charge in [0, 0.05) is 12.0 Å². The van der Waals surface area contributed by atoms with E-state index in [4.69, 9.17) is 4.74 Å². The number of aliphatic hydroxyl groups excluding tert-OH is 1. The van der Waals surface area contributed by atoms with Crippen LogP contribution >= 0.6 is 0 Å². The summed E-state index contributed by atoms with van der Waals surface area (Å²) in [7, 11) is 0. The number of nitrogens with one attached hydrogen (secondary N) is 1. The molecule has 3 nitrogen and oxygen atoms in total. The van der Waals surface area contributed by atoms with Gasteiger partial charge in [0.15, 0.2) is 0 Å². The van der Waals surface area contributed by atoms with E-state index in [1.54, 1.807) is 12.1 Å². The minimum absolute atomic E-state index is 0.373. The molecule has 0 saturated heterocycles. The molecule has 112 valence electrons. The second-order valence-electron chi connectivity index (χ2n) is 5.61. The lowest BCUT2D eigenvalue weighted by Gasteiger charge is -2.22. The second-order valence-corrected chi connectivity index (χ2v) is 5.61. The highest BCUT2D eigenvalue weighted by Crippen LogP contribution is 2.40. The minimum atomic E-state index is -4.31. The summed E-state index contributed by atoms with van der Waals surface area (Å²) >= 11 is 0. The highest BCUT2D eigenvalue weighted by atomic mass is 19.4. The summed E-state index contributed by atoms with van der Waals surface area (Å²) in [4.78, 5) is 0. The quantitative estimate of drug-likeness (QED) is 0.895. The van der Waals surface area contributed by atoms with Crippen molar-refractivity contribution in [3.05, 3.63) is 29.3 Å². The Balaban J connectivity index is 2.22. The normalized spacial score (nSPS) is 18.5. The predicted octanol–water partition coefficient (Wildman–Crippen LogP) is 2.59. The van der Waals surface area contributed by atoms with Crippen molar-refractivity contribution >= 4 is 0 Å². The Morgan fingerprint density at radius 3 is 2.70 bits per heavy atom. The van der Waals surface area contributed by atoms with E-state index in [0.29, 0.717) is 17.7 Å². The SMILES string of the molecule is CC1(C)Cc2cccc(C(CO)NCC(F)(F)F)c2O1. The zero-order valence-corrected chi connectivity index (χ0v) is 11.4. The van der Waals surface area contributed by atoms with Crippen molar-refractivity contribution in [3.8, 4) is 5.75 Å². The third-order valence-corrected chi connectivity index (χ3v) is 3.23. The lowest BCUT2D eigenvalue weighted by molar-refractivity contribution is -0.126. The van der Waals surface area contributed by atoms with Gasteiger partial charge >= 0.3 is 6.18 Å². The average molecular weight is 289 g/mol. The maximum Gasteiger partial charge on any atom is 0.401 e. The number of hydrogen-bond donors (Lipinski definition) is 2. The van der Waals surface area contributed by atoms with E-state index in [-0.39, 0.29) is 5.60 Å². The molecule has 1 atom stereocenters. The van der Waals surface area contributed by atoms with E-state index < -0.39 is 25.4 Å². The summed E-state index contributed by atoms with van der Waals surface area (Å²) in [5, 5.41) is 11.7. The van der Waals surface area contributed by atoms with Gasteiger partial charge in [0.25, 0.3) is 0 Å². The molecule has 1 aliphatic heterocycles. The number of halogens is 3. The molecule has 0 radical (unpaired) electrons. The molecule has 0 spiro atoms. The summed E-state index contributed by atoms with van der Waals surface area (Å²) < 4.78 is 42.7. The Morgan fingerprint density at radius 2 is 2.10 bits per heavy atom. The Bertz CT molecular complexity index is 486. The molecule has 1 aromatic carbocycles. The second kappa shape index (κ2) is 5.26. The number of alkyl halides is 3. The van der Waals surface area contributed by atoms with Gasteiger partial charge < -0.3 is 9.84 Å². The number of aliphatic hydroxyl groups is 1. The first kappa shape index (κ1) is 15.1. The highest BCUT2D eigenvalue weighted by molar-refractivity contribution is 5.47. The molecule has 0 aromatic heterocycles. The maximum atomic E-state index is 12.3. The maximum absolute atomic E-state index is 12.3. The van der Waals surface area contributed by atoms with Crippen molar-refractivity contribution in [3.63, 3.8) is 0 Å². The zero-order chi connectivity index (χ0) is 15.0. The van der Waals surface area contributed by atoms with E-state index >= 15 is 0 Å². The van der Waals surface area contributed by atoms with Gasteiger partial charge in [-0.05, 0) is 19.4 Å². The van der Waals surface area contributed by atoms with Crippen LogP contribution in [-0.4, -0.2) is 30.0 Å². The molecule has 6 heteroatoms. The van der Waals surface area contributed by atoms with Gasteiger partial charge in [-0.2, -0.15) is 13.2 Å². The van der Waals surface area contributed by atoms with E-state index in [2.05, 4.69) is 5.32 Å². The molecule has 0 saturated carbocycles. The van der Waals surface area contributed by atoms with Gasteiger partial charge in [-0.15, -0.1) is 0 Å². The average Bonchev–Trinajstić information content (AvgIpc) is 2.63. The first-order valence-electron chi connectivity index (χ1n) is 6.44. The van der Waals surface area contributed by atoms with Gasteiger partial charge in [0.05, 0.1) is 19.2 Å². The Hall–Kier alpha value is -1.27. The molecule has 1 heterocycles. The van der Waals surface area contributed by atoms with Gasteiger partial charge in [-0.1, -0.05) is 18.2 Å². The first-order valence-corrected chi connectivity index (χ1v) is 6.44. The van der Waals surface area contributed by atoms with Gasteiger partial charge in [-0.3, -0.25) is 5.32 Å². The van der Waals surface area contributed by atoms with Crippen LogP contribution in [0.4, 0.5) is 13.2 Å². The molecule has 2 rings (SSSR count). The zero-order valence-electron chi connectivity index (χ0n) is 11.4. The molecule has 2 N–H and O–H groups in total. The molecule has 1 aliphatic rings.